The van der Waals surface area contributed by atoms with E-state index in [4.69, 9.17) is 4.74 Å². The molecule has 2 nitrogen and oxygen atoms in total. The van der Waals surface area contributed by atoms with E-state index in [9.17, 15) is 4.79 Å². The molecule has 0 bridgehead atoms. The standard InChI is InChI=1S/C21H21O2P/c1-24(19-13-7-3-8-14-19,20-15-9-4-10-16-20)21(22)23-17-18-11-5-2-6-12-18/h2-16,24H,17H2,1H3. The number of carbonyl (C=O) groups is 1. The van der Waals surface area contributed by atoms with Gasteiger partial charge in [0.05, 0.1) is 0 Å². The molecule has 0 aliphatic heterocycles. The van der Waals surface area contributed by atoms with Crippen molar-refractivity contribution in [2.24, 2.45) is 0 Å². The zero-order valence-corrected chi connectivity index (χ0v) is 14.7. The van der Waals surface area contributed by atoms with Gasteiger partial charge in [-0.1, -0.05) is 0 Å². The Morgan fingerprint density at radius 3 is 1.62 bits per heavy atom. The summed E-state index contributed by atoms with van der Waals surface area (Å²) in [5, 5.41) is 2.13. The van der Waals surface area contributed by atoms with Gasteiger partial charge in [-0.05, 0) is 0 Å². The van der Waals surface area contributed by atoms with Gasteiger partial charge in [0.1, 0.15) is 0 Å². The molecule has 0 N–H and O–H groups in total. The van der Waals surface area contributed by atoms with E-state index in [1.165, 1.54) is 0 Å². The van der Waals surface area contributed by atoms with Crippen LogP contribution in [0.4, 0.5) is 4.79 Å². The summed E-state index contributed by atoms with van der Waals surface area (Å²) in [4.78, 5) is 13.1. The van der Waals surface area contributed by atoms with Gasteiger partial charge in [0.25, 0.3) is 0 Å². The Labute approximate surface area is 143 Å². The number of carbonyl (C=O) groups excluding carboxylic acids is 1. The van der Waals surface area contributed by atoms with Gasteiger partial charge in [0.2, 0.25) is 0 Å². The third-order valence-corrected chi connectivity index (χ3v) is 8.26. The van der Waals surface area contributed by atoms with Gasteiger partial charge < -0.3 is 0 Å². The van der Waals surface area contributed by atoms with Crippen LogP contribution < -0.4 is 10.6 Å². The molecule has 0 unspecified atom stereocenters. The Bertz CT molecular complexity index is 746. The van der Waals surface area contributed by atoms with Crippen molar-refractivity contribution in [3.8, 4) is 0 Å². The summed E-state index contributed by atoms with van der Waals surface area (Å²) in [6.45, 7) is 2.37. The topological polar surface area (TPSA) is 26.3 Å². The Kier molecular flexibility index (Phi) is 5.08. The molecule has 0 saturated heterocycles. The molecule has 0 aromatic heterocycles. The van der Waals surface area contributed by atoms with E-state index in [0.717, 1.165) is 16.2 Å². The van der Waals surface area contributed by atoms with E-state index in [2.05, 4.69) is 6.66 Å². The van der Waals surface area contributed by atoms with Crippen molar-refractivity contribution >= 4 is 23.6 Å². The first kappa shape index (κ1) is 16.4. The Balaban J connectivity index is 1.92. The van der Waals surface area contributed by atoms with Crippen molar-refractivity contribution in [2.75, 3.05) is 6.66 Å². The molecular formula is C21H21O2P. The van der Waals surface area contributed by atoms with Gasteiger partial charge in [-0.25, -0.2) is 0 Å². The Morgan fingerprint density at radius 1 is 0.750 bits per heavy atom. The minimum absolute atomic E-state index is 0.108. The van der Waals surface area contributed by atoms with Crippen LogP contribution >= 0.6 is 7.26 Å². The number of hydrogen-bond donors (Lipinski definition) is 0. The molecule has 3 heteroatoms. The average Bonchev–Trinajstić information content (AvgIpc) is 2.67. The molecule has 0 spiro atoms. The summed E-state index contributed by atoms with van der Waals surface area (Å²) in [5.74, 6) is 0. The van der Waals surface area contributed by atoms with Crippen LogP contribution in [0.1, 0.15) is 5.56 Å². The van der Waals surface area contributed by atoms with Crippen LogP contribution in [0, 0.1) is 0 Å². The summed E-state index contributed by atoms with van der Waals surface area (Å²) in [6, 6.07) is 29.8. The second kappa shape index (κ2) is 7.42. The molecule has 0 saturated carbocycles. The fraction of sp³-hybridized carbons (Fsp3) is 0.0952. The fourth-order valence-electron chi connectivity index (χ4n) is 2.81. The van der Waals surface area contributed by atoms with E-state index in [1.807, 2.05) is 91.0 Å². The third-order valence-electron chi connectivity index (χ3n) is 4.32. The van der Waals surface area contributed by atoms with E-state index in [0.29, 0.717) is 6.61 Å². The molecule has 0 aliphatic carbocycles. The second-order valence-corrected chi connectivity index (χ2v) is 9.73. The van der Waals surface area contributed by atoms with Crippen molar-refractivity contribution in [1.82, 2.24) is 0 Å². The molecule has 122 valence electrons. The number of ether oxygens (including phenoxy) is 1. The van der Waals surface area contributed by atoms with Crippen LogP contribution in [0.2, 0.25) is 0 Å². The molecule has 0 fully saturated rings. The molecule has 24 heavy (non-hydrogen) atoms. The van der Waals surface area contributed by atoms with Crippen molar-refractivity contribution in [1.29, 1.82) is 0 Å². The maximum atomic E-state index is 13.1. The second-order valence-electron chi connectivity index (χ2n) is 5.92. The zero-order valence-electron chi connectivity index (χ0n) is 13.7. The molecule has 3 aromatic carbocycles. The van der Waals surface area contributed by atoms with E-state index < -0.39 is 7.26 Å². The first-order valence-electron chi connectivity index (χ1n) is 8.03. The number of rotatable bonds is 5. The fourth-order valence-corrected chi connectivity index (χ4v) is 5.70. The Morgan fingerprint density at radius 2 is 1.17 bits per heavy atom. The van der Waals surface area contributed by atoms with Crippen LogP contribution in [-0.2, 0) is 11.3 Å². The van der Waals surface area contributed by atoms with Crippen LogP contribution in [0.15, 0.2) is 91.0 Å². The van der Waals surface area contributed by atoms with Crippen molar-refractivity contribution in [3.63, 3.8) is 0 Å². The van der Waals surface area contributed by atoms with Gasteiger partial charge in [0.15, 0.2) is 0 Å². The van der Waals surface area contributed by atoms with Gasteiger partial charge >= 0.3 is 143 Å². The maximum absolute atomic E-state index is 13.1. The Hall–Kier alpha value is -2.44. The monoisotopic (exact) mass is 336 g/mol. The predicted molar refractivity (Wildman–Crippen MR) is 103 cm³/mol. The summed E-state index contributed by atoms with van der Waals surface area (Å²) >= 11 is 0. The van der Waals surface area contributed by atoms with Crippen molar-refractivity contribution in [2.45, 2.75) is 6.61 Å². The van der Waals surface area contributed by atoms with Crippen LogP contribution in [0.5, 0.6) is 0 Å². The van der Waals surface area contributed by atoms with Gasteiger partial charge in [-0.15, -0.1) is 0 Å². The molecule has 0 radical (unpaired) electrons. The van der Waals surface area contributed by atoms with Crippen molar-refractivity contribution < 1.29 is 9.53 Å². The van der Waals surface area contributed by atoms with Crippen LogP contribution in [0.25, 0.3) is 0 Å². The summed E-state index contributed by atoms with van der Waals surface area (Å²) in [7, 11) is -2.62. The molecule has 0 amide bonds. The number of hydrogen-bond acceptors (Lipinski definition) is 2. The van der Waals surface area contributed by atoms with E-state index in [1.54, 1.807) is 0 Å². The normalized spacial score (nSPS) is 11.7. The van der Waals surface area contributed by atoms with Gasteiger partial charge in [-0.2, -0.15) is 0 Å². The zero-order chi connectivity index (χ0) is 16.8. The SMILES string of the molecule is C[PH](C(=O)OCc1ccccc1)(c1ccccc1)c1ccccc1. The van der Waals surface area contributed by atoms with Crippen LogP contribution in [0.3, 0.4) is 0 Å². The van der Waals surface area contributed by atoms with Gasteiger partial charge in [0, 0.05) is 0 Å². The minimum atomic E-state index is -2.62. The first-order chi connectivity index (χ1) is 11.7. The molecule has 0 aliphatic rings. The first-order valence-corrected chi connectivity index (χ1v) is 10.5. The number of benzene rings is 3. The quantitative estimate of drug-likeness (QED) is 0.647. The summed E-state index contributed by atoms with van der Waals surface area (Å²) in [6.07, 6.45) is 0. The third kappa shape index (κ3) is 3.39. The van der Waals surface area contributed by atoms with E-state index in [-0.39, 0.29) is 5.71 Å². The average molecular weight is 336 g/mol. The molecule has 0 heterocycles. The molecular weight excluding hydrogens is 315 g/mol. The molecule has 0 atom stereocenters. The van der Waals surface area contributed by atoms with Gasteiger partial charge in [-0.3, -0.25) is 0 Å². The van der Waals surface area contributed by atoms with E-state index >= 15 is 0 Å². The predicted octanol–water partition coefficient (Wildman–Crippen LogP) is 4.35. The molecule has 3 rings (SSSR count). The summed E-state index contributed by atoms with van der Waals surface area (Å²) < 4.78 is 5.72. The molecule has 3 aromatic rings. The van der Waals surface area contributed by atoms with Crippen molar-refractivity contribution in [3.05, 3.63) is 96.6 Å². The van der Waals surface area contributed by atoms with Crippen LogP contribution in [-0.4, -0.2) is 12.4 Å². The summed E-state index contributed by atoms with van der Waals surface area (Å²) in [5.41, 5.74) is 0.895.